The molecule has 0 aliphatic carbocycles. The van der Waals surface area contributed by atoms with Gasteiger partial charge in [0.2, 0.25) is 0 Å². The number of aliphatic carboxylic acids is 1. The molecule has 0 saturated carbocycles. The highest BCUT2D eigenvalue weighted by molar-refractivity contribution is 9.10. The molecule has 1 aliphatic rings. The normalized spacial score (nSPS) is 15.2. The molecule has 17 heavy (non-hydrogen) atoms. The first-order valence-corrected chi connectivity index (χ1v) is 6.58. The summed E-state index contributed by atoms with van der Waals surface area (Å²) >= 11 is 3.46. The van der Waals surface area contributed by atoms with Crippen LogP contribution in [0, 0.1) is 5.92 Å². The summed E-state index contributed by atoms with van der Waals surface area (Å²) < 4.78 is 6.59. The first-order valence-electron chi connectivity index (χ1n) is 5.78. The van der Waals surface area contributed by atoms with E-state index in [2.05, 4.69) is 15.9 Å². The SMILES string of the molecule is CCC(Cc1cc(Br)cc2c1OCC2)C(=O)O. The van der Waals surface area contributed by atoms with Crippen LogP contribution in [0.3, 0.4) is 0 Å². The Labute approximate surface area is 109 Å². The number of hydrogen-bond acceptors (Lipinski definition) is 2. The van der Waals surface area contributed by atoms with Gasteiger partial charge in [-0.15, -0.1) is 0 Å². The Bertz CT molecular complexity index is 443. The number of hydrogen-bond donors (Lipinski definition) is 1. The summed E-state index contributed by atoms with van der Waals surface area (Å²) in [4.78, 5) is 11.1. The fraction of sp³-hybridized carbons (Fsp3) is 0.462. The largest absolute Gasteiger partial charge is 0.493 e. The highest BCUT2D eigenvalue weighted by Gasteiger charge is 2.22. The predicted molar refractivity (Wildman–Crippen MR) is 68.5 cm³/mol. The smallest absolute Gasteiger partial charge is 0.306 e. The summed E-state index contributed by atoms with van der Waals surface area (Å²) in [6.07, 6.45) is 2.08. The summed E-state index contributed by atoms with van der Waals surface area (Å²) in [5.41, 5.74) is 2.18. The van der Waals surface area contributed by atoms with E-state index in [0.717, 1.165) is 22.2 Å². The van der Waals surface area contributed by atoms with Crippen LogP contribution < -0.4 is 4.74 Å². The zero-order valence-electron chi connectivity index (χ0n) is 9.70. The number of rotatable bonds is 4. The zero-order chi connectivity index (χ0) is 12.4. The number of carboxylic acid groups (broad SMARTS) is 1. The molecule has 0 bridgehead atoms. The van der Waals surface area contributed by atoms with Crippen molar-refractivity contribution >= 4 is 21.9 Å². The van der Waals surface area contributed by atoms with E-state index in [4.69, 9.17) is 9.84 Å². The van der Waals surface area contributed by atoms with Crippen molar-refractivity contribution in [2.75, 3.05) is 6.61 Å². The summed E-state index contributed by atoms with van der Waals surface area (Å²) in [6.45, 7) is 2.60. The van der Waals surface area contributed by atoms with Gasteiger partial charge in [0.15, 0.2) is 0 Å². The van der Waals surface area contributed by atoms with Gasteiger partial charge in [0.1, 0.15) is 5.75 Å². The highest BCUT2D eigenvalue weighted by atomic mass is 79.9. The Morgan fingerprint density at radius 1 is 1.59 bits per heavy atom. The van der Waals surface area contributed by atoms with Crippen molar-refractivity contribution in [3.8, 4) is 5.75 Å². The first-order chi connectivity index (χ1) is 8.11. The molecule has 1 aliphatic heterocycles. The number of halogens is 1. The molecular formula is C13H15BrO3. The molecule has 0 spiro atoms. The Kier molecular flexibility index (Phi) is 3.72. The van der Waals surface area contributed by atoms with Crippen molar-refractivity contribution in [3.05, 3.63) is 27.7 Å². The number of benzene rings is 1. The van der Waals surface area contributed by atoms with E-state index < -0.39 is 5.97 Å². The molecule has 3 nitrogen and oxygen atoms in total. The van der Waals surface area contributed by atoms with Crippen molar-refractivity contribution in [1.82, 2.24) is 0 Å². The Balaban J connectivity index is 2.29. The van der Waals surface area contributed by atoms with Gasteiger partial charge < -0.3 is 9.84 Å². The minimum atomic E-state index is -0.737. The third-order valence-electron chi connectivity index (χ3n) is 3.13. The minimum absolute atomic E-state index is 0.336. The van der Waals surface area contributed by atoms with Gasteiger partial charge in [-0.1, -0.05) is 22.9 Å². The molecule has 2 rings (SSSR count). The van der Waals surface area contributed by atoms with Crippen LogP contribution in [-0.4, -0.2) is 17.7 Å². The molecule has 0 fully saturated rings. The van der Waals surface area contributed by atoms with Gasteiger partial charge in [0.05, 0.1) is 12.5 Å². The molecular weight excluding hydrogens is 284 g/mol. The molecule has 1 N–H and O–H groups in total. The third-order valence-corrected chi connectivity index (χ3v) is 3.59. The molecule has 1 aromatic rings. The van der Waals surface area contributed by atoms with E-state index in [1.807, 2.05) is 19.1 Å². The lowest BCUT2D eigenvalue weighted by atomic mass is 9.95. The molecule has 1 unspecified atom stereocenters. The van der Waals surface area contributed by atoms with Crippen LogP contribution in [0.25, 0.3) is 0 Å². The molecule has 0 aromatic heterocycles. The molecule has 0 amide bonds. The van der Waals surface area contributed by atoms with Gasteiger partial charge in [-0.05, 0) is 36.1 Å². The van der Waals surface area contributed by atoms with Crippen molar-refractivity contribution in [3.63, 3.8) is 0 Å². The number of ether oxygens (including phenoxy) is 1. The lowest BCUT2D eigenvalue weighted by Crippen LogP contribution is -2.15. The predicted octanol–water partition coefficient (Wildman–Crippen LogP) is 3.04. The summed E-state index contributed by atoms with van der Waals surface area (Å²) in [5.74, 6) is -0.176. The second kappa shape index (κ2) is 5.08. The molecule has 92 valence electrons. The first kappa shape index (κ1) is 12.4. The second-order valence-electron chi connectivity index (χ2n) is 4.30. The molecule has 1 aromatic carbocycles. The molecule has 0 saturated heterocycles. The van der Waals surface area contributed by atoms with Gasteiger partial charge in [-0.3, -0.25) is 4.79 Å². The van der Waals surface area contributed by atoms with Crippen LogP contribution in [0.1, 0.15) is 24.5 Å². The Morgan fingerprint density at radius 3 is 3.00 bits per heavy atom. The van der Waals surface area contributed by atoms with E-state index in [-0.39, 0.29) is 5.92 Å². The lowest BCUT2D eigenvalue weighted by Gasteiger charge is -2.13. The molecule has 4 heteroatoms. The second-order valence-corrected chi connectivity index (χ2v) is 5.21. The summed E-state index contributed by atoms with van der Waals surface area (Å²) in [7, 11) is 0. The number of carbonyl (C=O) groups is 1. The van der Waals surface area contributed by atoms with Gasteiger partial charge in [0.25, 0.3) is 0 Å². The monoisotopic (exact) mass is 298 g/mol. The van der Waals surface area contributed by atoms with E-state index in [0.29, 0.717) is 19.4 Å². The fourth-order valence-corrected chi connectivity index (χ4v) is 2.72. The minimum Gasteiger partial charge on any atom is -0.493 e. The van der Waals surface area contributed by atoms with Gasteiger partial charge in [-0.25, -0.2) is 0 Å². The number of fused-ring (bicyclic) bond motifs is 1. The van der Waals surface area contributed by atoms with E-state index in [1.54, 1.807) is 0 Å². The Morgan fingerprint density at radius 2 is 2.35 bits per heavy atom. The lowest BCUT2D eigenvalue weighted by molar-refractivity contribution is -0.141. The zero-order valence-corrected chi connectivity index (χ0v) is 11.3. The number of carboxylic acids is 1. The van der Waals surface area contributed by atoms with Gasteiger partial charge in [0, 0.05) is 10.9 Å². The Hall–Kier alpha value is -1.03. The fourth-order valence-electron chi connectivity index (χ4n) is 2.17. The van der Waals surface area contributed by atoms with Crippen molar-refractivity contribution in [2.24, 2.45) is 5.92 Å². The topological polar surface area (TPSA) is 46.5 Å². The quantitative estimate of drug-likeness (QED) is 0.929. The maximum Gasteiger partial charge on any atom is 0.306 e. The summed E-state index contributed by atoms with van der Waals surface area (Å²) in [6, 6.07) is 4.02. The standard InChI is InChI=1S/C13H15BrO3/c1-2-8(13(15)16)5-10-7-11(14)6-9-3-4-17-12(9)10/h6-8H,2-5H2,1H3,(H,15,16). The van der Waals surface area contributed by atoms with Crippen molar-refractivity contribution < 1.29 is 14.6 Å². The van der Waals surface area contributed by atoms with Gasteiger partial charge in [-0.2, -0.15) is 0 Å². The van der Waals surface area contributed by atoms with E-state index in [1.165, 1.54) is 5.56 Å². The van der Waals surface area contributed by atoms with Crippen LogP contribution in [0.2, 0.25) is 0 Å². The van der Waals surface area contributed by atoms with Crippen LogP contribution in [0.5, 0.6) is 5.75 Å². The maximum absolute atomic E-state index is 11.1. The average molecular weight is 299 g/mol. The van der Waals surface area contributed by atoms with Crippen LogP contribution in [-0.2, 0) is 17.6 Å². The highest BCUT2D eigenvalue weighted by Crippen LogP contribution is 2.34. The van der Waals surface area contributed by atoms with Crippen molar-refractivity contribution in [2.45, 2.75) is 26.2 Å². The van der Waals surface area contributed by atoms with E-state index >= 15 is 0 Å². The van der Waals surface area contributed by atoms with Crippen molar-refractivity contribution in [1.29, 1.82) is 0 Å². The molecule has 1 atom stereocenters. The summed E-state index contributed by atoms with van der Waals surface area (Å²) in [5, 5.41) is 9.10. The van der Waals surface area contributed by atoms with Gasteiger partial charge >= 0.3 is 5.97 Å². The molecule has 1 heterocycles. The average Bonchev–Trinajstić information content (AvgIpc) is 2.72. The van der Waals surface area contributed by atoms with Crippen LogP contribution in [0.15, 0.2) is 16.6 Å². The maximum atomic E-state index is 11.1. The third kappa shape index (κ3) is 2.63. The van der Waals surface area contributed by atoms with E-state index in [9.17, 15) is 4.79 Å². The molecule has 0 radical (unpaired) electrons. The van der Waals surface area contributed by atoms with Crippen LogP contribution in [0.4, 0.5) is 0 Å². The van der Waals surface area contributed by atoms with Crippen LogP contribution >= 0.6 is 15.9 Å².